The summed E-state index contributed by atoms with van der Waals surface area (Å²) in [5, 5.41) is 20.6. The topological polar surface area (TPSA) is 231 Å². The van der Waals surface area contributed by atoms with Crippen LogP contribution in [0.2, 0.25) is 0 Å². The van der Waals surface area contributed by atoms with Crippen LogP contribution < -0.4 is 0 Å². The number of rotatable bonds is 67. The lowest BCUT2D eigenvalue weighted by atomic mass is 10.0. The van der Waals surface area contributed by atoms with E-state index in [-0.39, 0.29) is 19.3 Å². The molecule has 16 nitrogen and oxygen atoms in total. The molecule has 0 spiro atoms. The lowest BCUT2D eigenvalue weighted by Gasteiger charge is -2.21. The van der Waals surface area contributed by atoms with E-state index in [4.69, 9.17) is 32.3 Å². The van der Waals surface area contributed by atoms with Crippen LogP contribution in [0.1, 0.15) is 278 Å². The number of carbonyl (C=O) groups is 3. The van der Waals surface area contributed by atoms with Crippen molar-refractivity contribution < 1.29 is 75.8 Å². The fourth-order valence-electron chi connectivity index (χ4n) is 9.22. The van der Waals surface area contributed by atoms with Crippen LogP contribution in [-0.4, -0.2) is 95.9 Å². The molecule has 0 fully saturated rings. The van der Waals surface area contributed by atoms with Gasteiger partial charge in [-0.05, 0) is 122 Å². The third-order valence-corrected chi connectivity index (χ3v) is 16.6. The van der Waals surface area contributed by atoms with Gasteiger partial charge in [0.1, 0.15) is 25.4 Å². The fourth-order valence-corrected chi connectivity index (χ4v) is 10.8. The third-order valence-electron chi connectivity index (χ3n) is 14.7. The minimum absolute atomic E-state index is 0.0867. The van der Waals surface area contributed by atoms with Gasteiger partial charge in [0.05, 0.1) is 26.4 Å². The van der Waals surface area contributed by atoms with E-state index >= 15 is 0 Å². The maximum atomic E-state index is 12.9. The zero-order valence-corrected chi connectivity index (χ0v) is 59.7. The quantitative estimate of drug-likeness (QED) is 0.0146. The van der Waals surface area contributed by atoms with Crippen LogP contribution in [0.3, 0.4) is 0 Å². The van der Waals surface area contributed by atoms with Crippen LogP contribution in [0.5, 0.6) is 0 Å². The van der Waals surface area contributed by atoms with Gasteiger partial charge in [0, 0.05) is 19.3 Å². The van der Waals surface area contributed by atoms with Gasteiger partial charge in [0.2, 0.25) is 0 Å². The normalized spacial score (nSPS) is 14.9. The average Bonchev–Trinajstić information content (AvgIpc) is 2.42. The van der Waals surface area contributed by atoms with Gasteiger partial charge in [-0.15, -0.1) is 0 Å². The molecule has 5 atom stereocenters. The monoisotopic (exact) mass is 1350 g/mol. The van der Waals surface area contributed by atoms with E-state index in [1.165, 1.54) is 70.6 Å². The van der Waals surface area contributed by atoms with Crippen LogP contribution in [0, 0.1) is 0 Å². The number of carbonyl (C=O) groups excluding carboxylic acids is 3. The van der Waals surface area contributed by atoms with Gasteiger partial charge in [0.15, 0.2) is 6.10 Å². The Morgan fingerprint density at radius 2 is 0.570 bits per heavy atom. The molecule has 0 aliphatic carbocycles. The third kappa shape index (κ3) is 69.1. The Balaban J connectivity index is 4.44. The first-order valence-electron chi connectivity index (χ1n) is 35.8. The maximum Gasteiger partial charge on any atom is 0.472 e. The molecular weight excluding hydrogens is 1220 g/mol. The SMILES string of the molecule is CC/C=C\C/C=C\C/C=C\C/C=C\C/C=C\CCCCCCCCCCCCCCCC(=O)OCC(O)COP(=O)(O)OCC(O)COP(=O)(O)OCC(COC(=O)CCCCCC/C=C\C/C=C\C/C=C\C/C=C\CC)OC(=O)CCCCCCC/C=C\CCCC. The molecule has 0 aliphatic rings. The summed E-state index contributed by atoms with van der Waals surface area (Å²) in [7, 11) is -9.78. The van der Waals surface area contributed by atoms with E-state index in [2.05, 4.69) is 142 Å². The van der Waals surface area contributed by atoms with Crippen LogP contribution in [0.4, 0.5) is 0 Å². The van der Waals surface area contributed by atoms with Gasteiger partial charge < -0.3 is 34.2 Å². The van der Waals surface area contributed by atoms with Crippen molar-refractivity contribution in [3.8, 4) is 0 Å². The highest BCUT2D eigenvalue weighted by molar-refractivity contribution is 7.47. The summed E-state index contributed by atoms with van der Waals surface area (Å²) in [4.78, 5) is 58.3. The number of phosphoric acid groups is 2. The highest BCUT2D eigenvalue weighted by atomic mass is 31.2. The molecule has 0 amide bonds. The first-order chi connectivity index (χ1) is 45.2. The second-order valence-electron chi connectivity index (χ2n) is 23.6. The number of phosphoric ester groups is 2. The summed E-state index contributed by atoms with van der Waals surface area (Å²) in [6, 6.07) is 0. The van der Waals surface area contributed by atoms with E-state index in [1.807, 2.05) is 0 Å². The zero-order chi connectivity index (χ0) is 68.1. The van der Waals surface area contributed by atoms with E-state index in [9.17, 15) is 43.5 Å². The average molecular weight is 1350 g/mol. The van der Waals surface area contributed by atoms with Crippen molar-refractivity contribution >= 4 is 33.6 Å². The lowest BCUT2D eigenvalue weighted by Crippen LogP contribution is -2.30. The van der Waals surface area contributed by atoms with Crippen molar-refractivity contribution in [3.05, 3.63) is 122 Å². The number of esters is 3. The molecule has 534 valence electrons. The second-order valence-corrected chi connectivity index (χ2v) is 26.5. The van der Waals surface area contributed by atoms with Crippen LogP contribution in [0.25, 0.3) is 0 Å². The van der Waals surface area contributed by atoms with Crippen LogP contribution in [-0.2, 0) is 55.8 Å². The van der Waals surface area contributed by atoms with Gasteiger partial charge in [-0.1, -0.05) is 258 Å². The van der Waals surface area contributed by atoms with E-state index in [0.717, 1.165) is 148 Å². The zero-order valence-electron chi connectivity index (χ0n) is 57.9. The summed E-state index contributed by atoms with van der Waals surface area (Å²) >= 11 is 0. The summed E-state index contributed by atoms with van der Waals surface area (Å²) in [5.41, 5.74) is 0. The molecule has 93 heavy (non-hydrogen) atoms. The molecule has 0 rings (SSSR count). The predicted octanol–water partition coefficient (Wildman–Crippen LogP) is 20.2. The summed E-state index contributed by atoms with van der Waals surface area (Å²) in [6.45, 7) is 2.36. The highest BCUT2D eigenvalue weighted by Crippen LogP contribution is 2.45. The van der Waals surface area contributed by atoms with Crippen molar-refractivity contribution in [2.24, 2.45) is 0 Å². The molecule has 18 heteroatoms. The number of aliphatic hydroxyl groups is 2. The Bertz CT molecular complexity index is 2180. The summed E-state index contributed by atoms with van der Waals surface area (Å²) < 4.78 is 60.8. The Morgan fingerprint density at radius 3 is 0.914 bits per heavy atom. The Labute approximate surface area is 563 Å². The van der Waals surface area contributed by atoms with Gasteiger partial charge in [-0.3, -0.25) is 32.5 Å². The smallest absolute Gasteiger partial charge is 0.463 e. The van der Waals surface area contributed by atoms with Crippen molar-refractivity contribution in [1.29, 1.82) is 0 Å². The standard InChI is InChI=1S/C75H128O16P2/c1-4-7-10-13-16-19-22-24-26-28-29-30-31-32-33-34-35-36-37-38-39-41-43-44-47-49-52-55-58-61-73(78)85-64-70(76)65-87-92(81,82)88-66-71(77)67-89-93(83,84)90-69-72(91-75(80)63-60-57-54-51-46-21-18-15-12-9-6-3)68-86-74(79)62-59-56-53-50-48-45-42-40-27-25-23-20-17-14-11-8-5-2/h7-8,10-11,15-20,24-27,29-30,32-33,42,45,70-72,76-77H,4-6,9,12-14,21-23,28,31,34-41,43-44,46-69H2,1-3H3,(H,81,82)(H,83,84)/b10-7-,11-8-,18-15-,19-16-,20-17-,26-24-,27-25-,30-29-,33-32-,45-42-. The minimum atomic E-state index is -4.93. The molecule has 0 aliphatic heterocycles. The molecule has 0 saturated carbocycles. The molecule has 0 aromatic carbocycles. The maximum absolute atomic E-state index is 12.9. The van der Waals surface area contributed by atoms with Gasteiger partial charge in [-0.25, -0.2) is 9.13 Å². The Morgan fingerprint density at radius 1 is 0.312 bits per heavy atom. The van der Waals surface area contributed by atoms with Crippen molar-refractivity contribution in [3.63, 3.8) is 0 Å². The molecule has 0 radical (unpaired) electrons. The molecule has 5 unspecified atom stereocenters. The summed E-state index contributed by atoms with van der Waals surface area (Å²) in [5.74, 6) is -1.62. The van der Waals surface area contributed by atoms with E-state index in [0.29, 0.717) is 19.3 Å². The molecule has 0 bridgehead atoms. The van der Waals surface area contributed by atoms with Crippen molar-refractivity contribution in [2.45, 2.75) is 296 Å². The number of hydrogen-bond donors (Lipinski definition) is 4. The van der Waals surface area contributed by atoms with Gasteiger partial charge >= 0.3 is 33.6 Å². The molecule has 0 heterocycles. The van der Waals surface area contributed by atoms with Crippen molar-refractivity contribution in [2.75, 3.05) is 39.6 Å². The van der Waals surface area contributed by atoms with Gasteiger partial charge in [0.25, 0.3) is 0 Å². The second kappa shape index (κ2) is 67.9. The largest absolute Gasteiger partial charge is 0.472 e. The number of hydrogen-bond acceptors (Lipinski definition) is 14. The molecule has 4 N–H and O–H groups in total. The Kier molecular flexibility index (Phi) is 65.0. The first-order valence-corrected chi connectivity index (χ1v) is 38.8. The first kappa shape index (κ1) is 89.0. The lowest BCUT2D eigenvalue weighted by molar-refractivity contribution is -0.161. The molecular formula is C75H128O16P2. The summed E-state index contributed by atoms with van der Waals surface area (Å²) in [6.07, 6.45) is 78.4. The number of aliphatic hydroxyl groups excluding tert-OH is 2. The van der Waals surface area contributed by atoms with Crippen molar-refractivity contribution in [1.82, 2.24) is 0 Å². The fraction of sp³-hybridized carbons (Fsp3) is 0.693. The number of allylic oxidation sites excluding steroid dienone is 20. The van der Waals surface area contributed by atoms with Crippen LogP contribution >= 0.6 is 15.6 Å². The molecule has 0 aromatic heterocycles. The predicted molar refractivity (Wildman–Crippen MR) is 380 cm³/mol. The highest BCUT2D eigenvalue weighted by Gasteiger charge is 2.29. The van der Waals surface area contributed by atoms with Crippen LogP contribution in [0.15, 0.2) is 122 Å². The Hall–Kier alpha value is -4.05. The number of ether oxygens (including phenoxy) is 3. The van der Waals surface area contributed by atoms with E-state index in [1.54, 1.807) is 0 Å². The minimum Gasteiger partial charge on any atom is -0.463 e. The van der Waals surface area contributed by atoms with E-state index < -0.39 is 91.5 Å². The molecule has 0 aromatic rings. The molecule has 0 saturated heterocycles. The van der Waals surface area contributed by atoms with Gasteiger partial charge in [-0.2, -0.15) is 0 Å². The number of unbranched alkanes of at least 4 members (excludes halogenated alkanes) is 24.